The minimum Gasteiger partial charge on any atom is -0.398 e. The van der Waals surface area contributed by atoms with Gasteiger partial charge >= 0.3 is 6.18 Å². The fourth-order valence-corrected chi connectivity index (χ4v) is 5.91. The summed E-state index contributed by atoms with van der Waals surface area (Å²) in [4.78, 5) is 9.46. The lowest BCUT2D eigenvalue weighted by Gasteiger charge is -2.06. The van der Waals surface area contributed by atoms with Gasteiger partial charge in [0.1, 0.15) is 46.4 Å². The summed E-state index contributed by atoms with van der Waals surface area (Å²) in [6, 6.07) is 29.8. The molecule has 418 valence electrons. The smallest absolute Gasteiger partial charge is 0.398 e. The predicted molar refractivity (Wildman–Crippen MR) is 298 cm³/mol. The molecule has 0 aliphatic carbocycles. The summed E-state index contributed by atoms with van der Waals surface area (Å²) in [6.07, 6.45) is -4.47. The molecule has 8 aromatic rings. The monoisotopic (exact) mass is 1240 g/mol. The normalized spacial score (nSPS) is 9.92. The molecule has 0 saturated carbocycles. The van der Waals surface area contributed by atoms with Crippen LogP contribution in [0, 0.1) is 57.8 Å². The number of hydrogen-bond donors (Lipinski definition) is 8. The number of anilines is 8. The van der Waals surface area contributed by atoms with Gasteiger partial charge in [-0.3, -0.25) is 10.1 Å². The van der Waals surface area contributed by atoms with Crippen molar-refractivity contribution < 1.29 is 48.8 Å². The minimum absolute atomic E-state index is 0.157. The summed E-state index contributed by atoms with van der Waals surface area (Å²) >= 11 is 39.4. The number of non-ortho nitro benzene ring substituents is 1. The molecule has 78 heavy (non-hydrogen) atoms. The topological polar surface area (TPSA) is 251 Å². The molecule has 28 heteroatoms. The van der Waals surface area contributed by atoms with Crippen molar-refractivity contribution in [2.45, 2.75) is 13.1 Å². The van der Waals surface area contributed by atoms with Crippen LogP contribution in [0.25, 0.3) is 0 Å². The van der Waals surface area contributed by atoms with Gasteiger partial charge < -0.3 is 45.9 Å². The van der Waals surface area contributed by atoms with Crippen molar-refractivity contribution in [1.82, 2.24) is 0 Å². The molecular weight excluding hydrogens is 1200 g/mol. The summed E-state index contributed by atoms with van der Waals surface area (Å²) in [5.41, 5.74) is 41.6. The predicted octanol–water partition coefficient (Wildman–Crippen LogP) is 16.9. The minimum atomic E-state index is -4.47. The lowest BCUT2D eigenvalue weighted by Crippen LogP contribution is -2.06. The fourth-order valence-electron chi connectivity index (χ4n) is 4.64. The molecule has 0 bridgehead atoms. The molecule has 0 atom stereocenters. The van der Waals surface area contributed by atoms with Crippen molar-refractivity contribution in [2.24, 2.45) is 0 Å². The van der Waals surface area contributed by atoms with Gasteiger partial charge in [0.25, 0.3) is 5.69 Å². The number of nitrogen functional groups attached to an aromatic ring is 8. The second kappa shape index (κ2) is 33.2. The van der Waals surface area contributed by atoms with Crippen LogP contribution in [-0.4, -0.2) is 4.92 Å². The van der Waals surface area contributed by atoms with Gasteiger partial charge in [0.2, 0.25) is 0 Å². The van der Waals surface area contributed by atoms with E-state index in [0.717, 1.165) is 54.1 Å². The van der Waals surface area contributed by atoms with Crippen molar-refractivity contribution in [3.8, 4) is 0 Å². The molecule has 11 nitrogen and oxygen atoms in total. The van der Waals surface area contributed by atoms with Crippen molar-refractivity contribution in [2.75, 3.05) is 45.9 Å². The highest BCUT2D eigenvalue weighted by Crippen LogP contribution is 2.39. The first-order valence-corrected chi connectivity index (χ1v) is 23.4. The molecule has 16 N–H and O–H groups in total. The van der Waals surface area contributed by atoms with Crippen LogP contribution in [0.15, 0.2) is 140 Å². The summed E-state index contributed by atoms with van der Waals surface area (Å²) < 4.78 is 122. The average molecular weight is 1240 g/mol. The molecule has 0 aliphatic heterocycles. The summed E-state index contributed by atoms with van der Waals surface area (Å²) in [6.45, 7) is 1.87. The number of benzene rings is 8. The molecule has 0 unspecified atom stereocenters. The molecular formula is C50H42Cl7F10N9O2. The lowest BCUT2D eigenvalue weighted by molar-refractivity contribution is -0.384. The zero-order chi connectivity index (χ0) is 59.8. The van der Waals surface area contributed by atoms with Crippen LogP contribution in [0.1, 0.15) is 11.1 Å². The van der Waals surface area contributed by atoms with E-state index in [9.17, 15) is 54.0 Å². The first-order valence-electron chi connectivity index (χ1n) is 20.7. The van der Waals surface area contributed by atoms with E-state index in [1.54, 1.807) is 42.5 Å². The van der Waals surface area contributed by atoms with Crippen LogP contribution >= 0.6 is 81.2 Å². The Hall–Kier alpha value is -7.11. The third-order valence-electron chi connectivity index (χ3n) is 8.66. The maximum Gasteiger partial charge on any atom is 0.416 e. The third kappa shape index (κ3) is 24.5. The molecule has 0 saturated heterocycles. The number of nitro benzene ring substituents is 1. The van der Waals surface area contributed by atoms with Gasteiger partial charge in [-0.05, 0) is 110 Å². The maximum absolute atomic E-state index is 12.4. The molecule has 0 fully saturated rings. The largest absolute Gasteiger partial charge is 0.416 e. The number of nitrogens with two attached hydrogens (primary N) is 8. The van der Waals surface area contributed by atoms with E-state index in [4.69, 9.17) is 127 Å². The van der Waals surface area contributed by atoms with E-state index < -0.39 is 62.9 Å². The van der Waals surface area contributed by atoms with Crippen molar-refractivity contribution >= 4 is 132 Å². The van der Waals surface area contributed by atoms with Crippen molar-refractivity contribution in [1.29, 1.82) is 0 Å². The highest BCUT2D eigenvalue weighted by atomic mass is 35.5. The number of rotatable bonds is 1. The summed E-state index contributed by atoms with van der Waals surface area (Å²) in [7, 11) is 0. The zero-order valence-corrected chi connectivity index (χ0v) is 44.9. The second-order valence-electron chi connectivity index (χ2n) is 14.6. The summed E-state index contributed by atoms with van der Waals surface area (Å²) in [5, 5.41) is 12.7. The molecule has 8 aromatic carbocycles. The van der Waals surface area contributed by atoms with E-state index in [1.807, 2.05) is 19.1 Å². The Morgan fingerprint density at radius 1 is 0.397 bits per heavy atom. The standard InChI is InChI=1S/C7H5F4N.C7H8FN.C6H3Cl4N.C6H5Cl2N.C6H6ClN.2C6H5F2N.C6H5FN2O2/c8-5-2-1-4(3-6(5)12)7(9,10)11;1-5-2-3-6(8)7(9)4-5;7-2-1-3(8)5(10)6(11)4(2)9;7-4-2-1-3-5(9)6(4)8;7-5-3-1-2-4-6(5)8;7-4-1-2-5(8)6(9)3-4;7-4-2-1-3-5(8)6(4)9;7-5-2-1-4(9(10)11)3-6(5)8/h1-3H,12H2;2-4H,9H2,1H3;1H,11H2;1-3H,9H2;1-4H,8H2;2*1-3H,9H2;1-3H,8H2. The quantitative estimate of drug-likeness (QED) is 0.0254. The Labute approximate surface area is 474 Å². The molecule has 0 spiro atoms. The SMILES string of the molecule is Cc1ccc(F)c(N)c1.Nc1c(Cl)c(Cl)cc(Cl)c1Cl.Nc1c(F)cccc1F.Nc1cc(C(F)(F)F)ccc1F.Nc1cc(F)ccc1F.Nc1cc([N+](=O)[O-])ccc1F.Nc1cccc(Cl)c1Cl.Nc1ccccc1Cl. The number of aryl methyl sites for hydroxylation is 1. The number of halogens is 17. The Morgan fingerprint density at radius 2 is 0.821 bits per heavy atom. The Morgan fingerprint density at radius 3 is 1.19 bits per heavy atom. The van der Waals surface area contributed by atoms with Crippen LogP contribution in [-0.2, 0) is 6.18 Å². The van der Waals surface area contributed by atoms with Crippen molar-refractivity contribution in [3.05, 3.63) is 237 Å². The van der Waals surface area contributed by atoms with Crippen LogP contribution in [0.3, 0.4) is 0 Å². The Kier molecular flexibility index (Phi) is 29.4. The highest BCUT2D eigenvalue weighted by molar-refractivity contribution is 6.50. The highest BCUT2D eigenvalue weighted by Gasteiger charge is 2.30. The van der Waals surface area contributed by atoms with E-state index in [2.05, 4.69) is 0 Å². The van der Waals surface area contributed by atoms with Crippen LogP contribution in [0.2, 0.25) is 35.2 Å². The lowest BCUT2D eigenvalue weighted by atomic mass is 10.2. The van der Waals surface area contributed by atoms with Gasteiger partial charge in [-0.2, -0.15) is 13.2 Å². The van der Waals surface area contributed by atoms with Crippen LogP contribution in [0.4, 0.5) is 95.1 Å². The fraction of sp³-hybridized carbons (Fsp3) is 0.0400. The number of hydrogen-bond acceptors (Lipinski definition) is 10. The number of para-hydroxylation sites is 2. The van der Waals surface area contributed by atoms with E-state index in [0.29, 0.717) is 54.7 Å². The van der Waals surface area contributed by atoms with Gasteiger partial charge in [0, 0.05) is 12.1 Å². The zero-order valence-electron chi connectivity index (χ0n) is 39.6. The molecule has 0 amide bonds. The first kappa shape index (κ1) is 68.9. The van der Waals surface area contributed by atoms with Gasteiger partial charge in [-0.15, -0.1) is 0 Å². The number of nitro groups is 1. The summed E-state index contributed by atoms with van der Waals surface area (Å²) in [5.74, 6) is -4.37. The van der Waals surface area contributed by atoms with Gasteiger partial charge in [-0.25, -0.2) is 30.7 Å². The average Bonchev–Trinajstić information content (AvgIpc) is 3.37. The molecule has 0 aromatic heterocycles. The van der Waals surface area contributed by atoms with Gasteiger partial charge in [0.15, 0.2) is 0 Å². The molecule has 8 rings (SSSR count). The Bertz CT molecular complexity index is 3070. The first-order chi connectivity index (χ1) is 36.2. The van der Waals surface area contributed by atoms with E-state index in [-0.39, 0.29) is 44.3 Å². The molecule has 0 aliphatic rings. The van der Waals surface area contributed by atoms with E-state index >= 15 is 0 Å². The second-order valence-corrected chi connectivity index (χ2v) is 17.3. The molecule has 0 heterocycles. The Balaban J connectivity index is 0.000000447. The third-order valence-corrected chi connectivity index (χ3v) is 11.4. The number of nitrogens with zero attached hydrogens (tertiary/aromatic N) is 1. The van der Waals surface area contributed by atoms with Crippen LogP contribution < -0.4 is 45.9 Å². The van der Waals surface area contributed by atoms with Crippen LogP contribution in [0.5, 0.6) is 0 Å². The van der Waals surface area contributed by atoms with E-state index in [1.165, 1.54) is 18.2 Å². The number of alkyl halides is 3. The van der Waals surface area contributed by atoms with Crippen molar-refractivity contribution in [3.63, 3.8) is 0 Å². The molecule has 0 radical (unpaired) electrons. The maximum atomic E-state index is 12.4. The van der Waals surface area contributed by atoms with Gasteiger partial charge in [-0.1, -0.05) is 112 Å². The van der Waals surface area contributed by atoms with Gasteiger partial charge in [0.05, 0.1) is 85.5 Å².